The van der Waals surface area contributed by atoms with Crippen LogP contribution in [0.25, 0.3) is 0 Å². The van der Waals surface area contributed by atoms with Gasteiger partial charge in [0.25, 0.3) is 0 Å². The maximum absolute atomic E-state index is 12.7. The van der Waals surface area contributed by atoms with Gasteiger partial charge in [-0.05, 0) is 30.6 Å². The highest BCUT2D eigenvalue weighted by Crippen LogP contribution is 2.59. The second-order valence-corrected chi connectivity index (χ2v) is 7.50. The molecule has 1 saturated heterocycles. The Balaban J connectivity index is 1.78. The number of fused-ring (bicyclic) bond motifs is 1. The molecule has 4 nitrogen and oxygen atoms in total. The van der Waals surface area contributed by atoms with Crippen LogP contribution in [0.4, 0.5) is 0 Å². The largest absolute Gasteiger partial charge is 0.480 e. The zero-order valence-electron chi connectivity index (χ0n) is 11.4. The highest BCUT2D eigenvalue weighted by atomic mass is 32.2. The van der Waals surface area contributed by atoms with Crippen molar-refractivity contribution in [1.82, 2.24) is 4.90 Å². The lowest BCUT2D eigenvalue weighted by Gasteiger charge is -2.30. The van der Waals surface area contributed by atoms with Gasteiger partial charge in [-0.15, -0.1) is 11.8 Å². The van der Waals surface area contributed by atoms with Gasteiger partial charge in [-0.2, -0.15) is 0 Å². The molecule has 106 valence electrons. The van der Waals surface area contributed by atoms with E-state index in [1.54, 1.807) is 16.7 Å². The van der Waals surface area contributed by atoms with Gasteiger partial charge in [-0.3, -0.25) is 4.79 Å². The van der Waals surface area contributed by atoms with E-state index in [-0.39, 0.29) is 17.2 Å². The van der Waals surface area contributed by atoms with Crippen molar-refractivity contribution in [1.29, 1.82) is 0 Å². The smallest absolute Gasteiger partial charge is 0.327 e. The molecule has 0 aromatic carbocycles. The summed E-state index contributed by atoms with van der Waals surface area (Å²) >= 11 is 1.62. The molecule has 3 fully saturated rings. The van der Waals surface area contributed by atoms with Gasteiger partial charge in [-0.25, -0.2) is 4.79 Å². The Morgan fingerprint density at radius 1 is 1.26 bits per heavy atom. The lowest BCUT2D eigenvalue weighted by molar-refractivity contribution is -0.150. The third kappa shape index (κ3) is 2.06. The van der Waals surface area contributed by atoms with E-state index in [1.165, 1.54) is 6.42 Å². The van der Waals surface area contributed by atoms with Crippen LogP contribution in [-0.2, 0) is 9.59 Å². The second kappa shape index (κ2) is 4.69. The fraction of sp³-hybridized carbons (Fsp3) is 0.857. The number of hydrogen-bond donors (Lipinski definition) is 1. The van der Waals surface area contributed by atoms with Crippen LogP contribution in [0.3, 0.4) is 0 Å². The molecule has 1 amide bonds. The topological polar surface area (TPSA) is 57.6 Å². The van der Waals surface area contributed by atoms with Crippen LogP contribution >= 0.6 is 11.8 Å². The van der Waals surface area contributed by atoms with Crippen LogP contribution in [-0.4, -0.2) is 39.1 Å². The predicted molar refractivity (Wildman–Crippen MR) is 73.7 cm³/mol. The van der Waals surface area contributed by atoms with E-state index in [0.29, 0.717) is 23.5 Å². The Morgan fingerprint density at radius 3 is 2.42 bits per heavy atom. The summed E-state index contributed by atoms with van der Waals surface area (Å²) in [4.78, 5) is 25.8. The van der Waals surface area contributed by atoms with Gasteiger partial charge in [0.15, 0.2) is 0 Å². The SMILES string of the molecule is CC(C)C1SCC(C(=O)O)N1C(=O)C1C2CCCC21. The van der Waals surface area contributed by atoms with Crippen LogP contribution in [0.5, 0.6) is 0 Å². The van der Waals surface area contributed by atoms with Gasteiger partial charge in [0.05, 0.1) is 5.37 Å². The Bertz CT molecular complexity index is 401. The van der Waals surface area contributed by atoms with Crippen molar-refractivity contribution in [2.24, 2.45) is 23.7 Å². The maximum Gasteiger partial charge on any atom is 0.327 e. The lowest BCUT2D eigenvalue weighted by Crippen LogP contribution is -2.48. The van der Waals surface area contributed by atoms with E-state index >= 15 is 0 Å². The molecule has 0 radical (unpaired) electrons. The van der Waals surface area contributed by atoms with Gasteiger partial charge >= 0.3 is 5.97 Å². The van der Waals surface area contributed by atoms with Crippen molar-refractivity contribution < 1.29 is 14.7 Å². The molecule has 2 aliphatic carbocycles. The van der Waals surface area contributed by atoms with Gasteiger partial charge < -0.3 is 10.0 Å². The molecule has 19 heavy (non-hydrogen) atoms. The van der Waals surface area contributed by atoms with Crippen molar-refractivity contribution in [2.75, 3.05) is 5.75 Å². The van der Waals surface area contributed by atoms with E-state index in [0.717, 1.165) is 12.8 Å². The van der Waals surface area contributed by atoms with Gasteiger partial charge in [-0.1, -0.05) is 20.3 Å². The van der Waals surface area contributed by atoms with E-state index in [4.69, 9.17) is 0 Å². The molecule has 3 rings (SSSR count). The molecule has 0 aromatic heterocycles. The minimum atomic E-state index is -0.852. The van der Waals surface area contributed by atoms with E-state index in [1.807, 2.05) is 0 Å². The minimum Gasteiger partial charge on any atom is -0.480 e. The van der Waals surface area contributed by atoms with E-state index in [9.17, 15) is 14.7 Å². The van der Waals surface area contributed by atoms with Gasteiger partial charge in [0.2, 0.25) is 5.91 Å². The lowest BCUT2D eigenvalue weighted by atomic mass is 10.1. The summed E-state index contributed by atoms with van der Waals surface area (Å²) < 4.78 is 0. The van der Waals surface area contributed by atoms with Crippen LogP contribution in [0.15, 0.2) is 0 Å². The average molecular weight is 283 g/mol. The van der Waals surface area contributed by atoms with Crippen molar-refractivity contribution in [3.63, 3.8) is 0 Å². The van der Waals surface area contributed by atoms with Gasteiger partial charge in [0.1, 0.15) is 6.04 Å². The van der Waals surface area contributed by atoms with Crippen molar-refractivity contribution >= 4 is 23.6 Å². The van der Waals surface area contributed by atoms with Crippen molar-refractivity contribution in [3.05, 3.63) is 0 Å². The Labute approximate surface area is 117 Å². The standard InChI is InChI=1S/C14H21NO3S/c1-7(2)13-15(10(6-19-13)14(17)18)12(16)11-8-4-3-5-9(8)11/h7-11,13H,3-6H2,1-2H3,(H,17,18). The summed E-state index contributed by atoms with van der Waals surface area (Å²) in [6.07, 6.45) is 3.56. The monoisotopic (exact) mass is 283 g/mol. The van der Waals surface area contributed by atoms with E-state index < -0.39 is 12.0 Å². The normalized spacial score (nSPS) is 40.6. The Hall–Kier alpha value is -0.710. The molecule has 1 N–H and O–H groups in total. The Morgan fingerprint density at radius 2 is 1.89 bits per heavy atom. The first-order chi connectivity index (χ1) is 9.02. The highest BCUT2D eigenvalue weighted by molar-refractivity contribution is 8.00. The molecule has 1 aliphatic heterocycles. The Kier molecular flexibility index (Phi) is 3.28. The fourth-order valence-corrected chi connectivity index (χ4v) is 5.35. The van der Waals surface area contributed by atoms with Crippen molar-refractivity contribution in [2.45, 2.75) is 44.5 Å². The number of carbonyl (C=O) groups is 2. The molecule has 1 heterocycles. The van der Waals surface area contributed by atoms with Crippen LogP contribution < -0.4 is 0 Å². The first-order valence-corrected chi connectivity index (χ1v) is 8.24. The summed E-state index contributed by atoms with van der Waals surface area (Å²) in [5.74, 6) is 1.35. The highest BCUT2D eigenvalue weighted by Gasteiger charge is 2.59. The quantitative estimate of drug-likeness (QED) is 0.861. The van der Waals surface area contributed by atoms with Crippen molar-refractivity contribution in [3.8, 4) is 0 Å². The summed E-state index contributed by atoms with van der Waals surface area (Å²) in [7, 11) is 0. The van der Waals surface area contributed by atoms with Crippen LogP contribution in [0, 0.1) is 23.7 Å². The number of hydrogen-bond acceptors (Lipinski definition) is 3. The number of nitrogens with zero attached hydrogens (tertiary/aromatic N) is 1. The molecule has 3 aliphatic rings. The molecule has 4 unspecified atom stereocenters. The third-order valence-corrected chi connectivity index (χ3v) is 6.46. The van der Waals surface area contributed by atoms with Crippen LogP contribution in [0.1, 0.15) is 33.1 Å². The third-order valence-electron chi connectivity index (χ3n) is 4.84. The molecule has 0 aromatic rings. The number of rotatable bonds is 3. The first kappa shape index (κ1) is 13.3. The number of carbonyl (C=O) groups excluding carboxylic acids is 1. The molecular formula is C14H21NO3S. The van der Waals surface area contributed by atoms with E-state index in [2.05, 4.69) is 13.8 Å². The average Bonchev–Trinajstić information content (AvgIpc) is 2.78. The summed E-state index contributed by atoms with van der Waals surface area (Å²) in [5, 5.41) is 9.37. The summed E-state index contributed by atoms with van der Waals surface area (Å²) in [6, 6.07) is -0.619. The minimum absolute atomic E-state index is 0.0370. The molecule has 4 atom stereocenters. The zero-order chi connectivity index (χ0) is 13.7. The molecular weight excluding hydrogens is 262 g/mol. The summed E-state index contributed by atoms with van der Waals surface area (Å²) in [5.41, 5.74) is 0. The second-order valence-electron chi connectivity index (χ2n) is 6.35. The molecule has 0 spiro atoms. The number of carboxylic acids is 1. The maximum atomic E-state index is 12.7. The fourth-order valence-electron chi connectivity index (χ4n) is 3.87. The van der Waals surface area contributed by atoms with Crippen LogP contribution in [0.2, 0.25) is 0 Å². The molecule has 0 bridgehead atoms. The molecule has 5 heteroatoms. The first-order valence-electron chi connectivity index (χ1n) is 7.19. The zero-order valence-corrected chi connectivity index (χ0v) is 12.2. The summed E-state index contributed by atoms with van der Waals surface area (Å²) in [6.45, 7) is 4.13. The number of thioether (sulfide) groups is 1. The number of aliphatic carboxylic acids is 1. The predicted octanol–water partition coefficient (Wildman–Crippen LogP) is 2.04. The number of carboxylic acid groups (broad SMARTS) is 1. The van der Waals surface area contributed by atoms with Gasteiger partial charge in [0, 0.05) is 11.7 Å². The molecule has 2 saturated carbocycles. The number of amides is 1.